The topological polar surface area (TPSA) is 44.3 Å². The van der Waals surface area contributed by atoms with Gasteiger partial charge in [0.25, 0.3) is 0 Å². The Bertz CT molecular complexity index is 954. The molecule has 0 amide bonds. The van der Waals surface area contributed by atoms with Crippen molar-refractivity contribution in [3.05, 3.63) is 47.6 Å². The summed E-state index contributed by atoms with van der Waals surface area (Å²) in [6, 6.07) is 2.27. The maximum atomic E-state index is 13.4. The second-order valence-corrected chi connectivity index (χ2v) is 8.91. The van der Waals surface area contributed by atoms with E-state index in [1.165, 1.54) is 11.8 Å². The molecule has 1 aliphatic carbocycles. The van der Waals surface area contributed by atoms with Crippen molar-refractivity contribution in [3.8, 4) is 0 Å². The molecule has 0 spiro atoms. The first-order valence-electron chi connectivity index (χ1n) is 9.32. The number of benzene rings is 1. The molecule has 2 heterocycles. The Balaban J connectivity index is 1.40. The minimum Gasteiger partial charge on any atom is -0.352 e. The molecule has 154 valence electrons. The summed E-state index contributed by atoms with van der Waals surface area (Å²) in [6.07, 6.45) is 1.61. The minimum atomic E-state index is -1.43. The maximum absolute atomic E-state index is 13.4. The first kappa shape index (κ1) is 19.9. The standard InChI is InChI=1S/C20H22F3N5S/c1-10-9-27(3)19-18(28(10)4)11(2)24-20(26-19)25-12-5-13(6-12)29-14-7-15(21)17(23)16(22)8-14/h7-8,12-13H,1,5-6,9H2,2-4H3,(H,24,25,26). The molecule has 1 aromatic carbocycles. The third kappa shape index (κ3) is 3.75. The van der Waals surface area contributed by atoms with Crippen LogP contribution in [0.15, 0.2) is 29.3 Å². The number of likely N-dealkylation sites (N-methyl/N-ethyl adjacent to an activating group) is 2. The first-order chi connectivity index (χ1) is 13.7. The lowest BCUT2D eigenvalue weighted by molar-refractivity contribution is 0.442. The smallest absolute Gasteiger partial charge is 0.225 e. The fourth-order valence-electron chi connectivity index (χ4n) is 3.64. The molecule has 0 bridgehead atoms. The van der Waals surface area contributed by atoms with Gasteiger partial charge >= 0.3 is 0 Å². The molecule has 1 fully saturated rings. The molecule has 4 rings (SSSR count). The normalized spacial score (nSPS) is 21.1. The van der Waals surface area contributed by atoms with Crippen molar-refractivity contribution in [3.63, 3.8) is 0 Å². The Hall–Kier alpha value is -2.42. The van der Waals surface area contributed by atoms with E-state index in [2.05, 4.69) is 26.8 Å². The quantitative estimate of drug-likeness (QED) is 0.741. The van der Waals surface area contributed by atoms with Gasteiger partial charge in [0, 0.05) is 36.0 Å². The van der Waals surface area contributed by atoms with Crippen molar-refractivity contribution in [2.24, 2.45) is 0 Å². The molecule has 1 aliphatic heterocycles. The summed E-state index contributed by atoms with van der Waals surface area (Å²) in [4.78, 5) is 13.7. The number of nitrogens with zero attached hydrogens (tertiary/aromatic N) is 4. The van der Waals surface area contributed by atoms with E-state index in [4.69, 9.17) is 0 Å². The zero-order chi connectivity index (χ0) is 20.9. The average Bonchev–Trinajstić information content (AvgIpc) is 2.62. The number of hydrogen-bond acceptors (Lipinski definition) is 6. The number of anilines is 3. The van der Waals surface area contributed by atoms with Gasteiger partial charge in [0.05, 0.1) is 12.2 Å². The average molecular weight is 421 g/mol. The number of thioether (sulfide) groups is 1. The Labute approximate surface area is 172 Å². The fourth-order valence-corrected chi connectivity index (χ4v) is 5.03. The van der Waals surface area contributed by atoms with Crippen LogP contribution in [0.3, 0.4) is 0 Å². The van der Waals surface area contributed by atoms with Crippen LogP contribution >= 0.6 is 11.8 Å². The molecule has 0 atom stereocenters. The number of halogens is 3. The van der Waals surface area contributed by atoms with Crippen LogP contribution in [0.25, 0.3) is 0 Å². The third-order valence-electron chi connectivity index (χ3n) is 5.32. The molecule has 5 nitrogen and oxygen atoms in total. The van der Waals surface area contributed by atoms with Gasteiger partial charge < -0.3 is 15.1 Å². The second-order valence-electron chi connectivity index (χ2n) is 7.54. The third-order valence-corrected chi connectivity index (χ3v) is 6.55. The molecule has 0 saturated heterocycles. The highest BCUT2D eigenvalue weighted by atomic mass is 32.2. The van der Waals surface area contributed by atoms with Crippen LogP contribution in [0, 0.1) is 24.4 Å². The molecule has 9 heteroatoms. The molecular weight excluding hydrogens is 399 g/mol. The zero-order valence-corrected chi connectivity index (χ0v) is 17.3. The molecule has 2 aliphatic rings. The van der Waals surface area contributed by atoms with Crippen molar-refractivity contribution >= 4 is 29.2 Å². The largest absolute Gasteiger partial charge is 0.352 e. The van der Waals surface area contributed by atoms with Crippen LogP contribution in [0.5, 0.6) is 0 Å². The predicted octanol–water partition coefficient (Wildman–Crippen LogP) is 4.34. The van der Waals surface area contributed by atoms with E-state index in [1.807, 2.05) is 25.9 Å². The summed E-state index contributed by atoms with van der Waals surface area (Å²) in [5.74, 6) is -2.31. The predicted molar refractivity (Wildman–Crippen MR) is 110 cm³/mol. The highest BCUT2D eigenvalue weighted by molar-refractivity contribution is 8.00. The van der Waals surface area contributed by atoms with E-state index in [0.29, 0.717) is 17.4 Å². The summed E-state index contributed by atoms with van der Waals surface area (Å²) in [5.41, 5.74) is 2.81. The fraction of sp³-hybridized carbons (Fsp3) is 0.400. The molecule has 1 N–H and O–H groups in total. The van der Waals surface area contributed by atoms with Crippen molar-refractivity contribution in [1.82, 2.24) is 9.97 Å². The molecule has 29 heavy (non-hydrogen) atoms. The van der Waals surface area contributed by atoms with E-state index in [-0.39, 0.29) is 11.3 Å². The lowest BCUT2D eigenvalue weighted by Crippen LogP contribution is -2.39. The van der Waals surface area contributed by atoms with E-state index in [0.717, 1.165) is 47.9 Å². The van der Waals surface area contributed by atoms with Gasteiger partial charge in [-0.2, -0.15) is 4.98 Å². The van der Waals surface area contributed by atoms with Crippen LogP contribution in [-0.4, -0.2) is 41.9 Å². The van der Waals surface area contributed by atoms with E-state index in [1.54, 1.807) is 0 Å². The van der Waals surface area contributed by atoms with Crippen LogP contribution < -0.4 is 15.1 Å². The van der Waals surface area contributed by atoms with Crippen LogP contribution in [0.4, 0.5) is 30.6 Å². The Morgan fingerprint density at radius 2 is 1.79 bits per heavy atom. The van der Waals surface area contributed by atoms with Gasteiger partial charge in [0.1, 0.15) is 5.69 Å². The highest BCUT2D eigenvalue weighted by Crippen LogP contribution is 2.40. The molecule has 0 radical (unpaired) electrons. The van der Waals surface area contributed by atoms with Gasteiger partial charge in [0.15, 0.2) is 23.3 Å². The van der Waals surface area contributed by atoms with Crippen molar-refractivity contribution in [1.29, 1.82) is 0 Å². The number of nitrogens with one attached hydrogen (secondary N) is 1. The number of fused-ring (bicyclic) bond motifs is 1. The number of hydrogen-bond donors (Lipinski definition) is 1. The molecule has 0 unspecified atom stereocenters. The van der Waals surface area contributed by atoms with Crippen LogP contribution in [0.1, 0.15) is 18.5 Å². The monoisotopic (exact) mass is 421 g/mol. The van der Waals surface area contributed by atoms with E-state index >= 15 is 0 Å². The Kier molecular flexibility index (Phi) is 5.10. The van der Waals surface area contributed by atoms with E-state index in [9.17, 15) is 13.2 Å². The van der Waals surface area contributed by atoms with Crippen molar-refractivity contribution < 1.29 is 13.2 Å². The SMILES string of the molecule is C=C1CN(C)c2nc(NC3CC(Sc4cc(F)c(F)c(F)c4)C3)nc(C)c2N1C. The number of rotatable bonds is 4. The highest BCUT2D eigenvalue weighted by Gasteiger charge is 2.32. The van der Waals surface area contributed by atoms with Crippen LogP contribution in [-0.2, 0) is 0 Å². The van der Waals surface area contributed by atoms with Crippen LogP contribution in [0.2, 0.25) is 0 Å². The zero-order valence-electron chi connectivity index (χ0n) is 16.5. The van der Waals surface area contributed by atoms with Gasteiger partial charge in [-0.15, -0.1) is 11.8 Å². The van der Waals surface area contributed by atoms with Gasteiger partial charge in [-0.3, -0.25) is 0 Å². The summed E-state index contributed by atoms with van der Waals surface area (Å²) in [7, 11) is 3.94. The number of aromatic nitrogens is 2. The molecular formula is C20H22F3N5S. The summed E-state index contributed by atoms with van der Waals surface area (Å²) < 4.78 is 39.8. The van der Waals surface area contributed by atoms with Crippen molar-refractivity contribution in [2.75, 3.05) is 35.8 Å². The Morgan fingerprint density at radius 1 is 1.14 bits per heavy atom. The lowest BCUT2D eigenvalue weighted by Gasteiger charge is -2.38. The minimum absolute atomic E-state index is 0.182. The van der Waals surface area contributed by atoms with Gasteiger partial charge in [-0.1, -0.05) is 6.58 Å². The molecule has 1 aromatic heterocycles. The maximum Gasteiger partial charge on any atom is 0.225 e. The first-order valence-corrected chi connectivity index (χ1v) is 10.2. The van der Waals surface area contributed by atoms with Gasteiger partial charge in [-0.25, -0.2) is 18.2 Å². The summed E-state index contributed by atoms with van der Waals surface area (Å²) >= 11 is 1.36. The Morgan fingerprint density at radius 3 is 2.45 bits per heavy atom. The van der Waals surface area contributed by atoms with Gasteiger partial charge in [-0.05, 0) is 31.9 Å². The molecule has 2 aromatic rings. The lowest BCUT2D eigenvalue weighted by atomic mass is 9.92. The number of aryl methyl sites for hydroxylation is 1. The van der Waals surface area contributed by atoms with Gasteiger partial charge in [0.2, 0.25) is 5.95 Å². The molecule has 1 saturated carbocycles. The second kappa shape index (κ2) is 7.44. The van der Waals surface area contributed by atoms with Crippen molar-refractivity contribution in [2.45, 2.75) is 36.0 Å². The summed E-state index contributed by atoms with van der Waals surface area (Å²) in [6.45, 7) is 6.73. The summed E-state index contributed by atoms with van der Waals surface area (Å²) in [5, 5.41) is 3.55. The van der Waals surface area contributed by atoms with E-state index < -0.39 is 17.5 Å².